The van der Waals surface area contributed by atoms with E-state index in [4.69, 9.17) is 4.74 Å². The molecule has 2 rings (SSSR count). The van der Waals surface area contributed by atoms with Gasteiger partial charge in [0.15, 0.2) is 0 Å². The van der Waals surface area contributed by atoms with Crippen LogP contribution in [0.15, 0.2) is 23.1 Å². The molecule has 0 radical (unpaired) electrons. The lowest BCUT2D eigenvalue weighted by Crippen LogP contribution is -2.30. The Morgan fingerprint density at radius 3 is 2.95 bits per heavy atom. The van der Waals surface area contributed by atoms with E-state index >= 15 is 0 Å². The fourth-order valence-electron chi connectivity index (χ4n) is 2.24. The Hall–Kier alpha value is -1.11. The van der Waals surface area contributed by atoms with E-state index in [0.717, 1.165) is 25.1 Å². The Balaban J connectivity index is 2.16. The first kappa shape index (κ1) is 15.3. The smallest absolute Gasteiger partial charge is 0.242 e. The minimum atomic E-state index is -3.44. The normalized spacial score (nSPS) is 14.9. The molecule has 1 heterocycles. The Morgan fingerprint density at radius 1 is 1.40 bits per heavy atom. The van der Waals surface area contributed by atoms with Gasteiger partial charge in [-0.05, 0) is 37.5 Å². The van der Waals surface area contributed by atoms with Crippen LogP contribution < -0.4 is 5.32 Å². The van der Waals surface area contributed by atoms with E-state index in [1.807, 2.05) is 13.0 Å². The maximum absolute atomic E-state index is 12.5. The quantitative estimate of drug-likeness (QED) is 0.812. The zero-order chi connectivity index (χ0) is 14.6. The van der Waals surface area contributed by atoms with Crippen molar-refractivity contribution in [1.82, 2.24) is 4.31 Å². The number of ether oxygens (including phenoxy) is 1. The van der Waals surface area contributed by atoms with E-state index in [1.165, 1.54) is 9.87 Å². The van der Waals surface area contributed by atoms with Gasteiger partial charge in [0.05, 0.1) is 11.5 Å². The number of rotatable bonds is 6. The third kappa shape index (κ3) is 3.31. The van der Waals surface area contributed by atoms with E-state index in [2.05, 4.69) is 5.32 Å². The molecule has 6 heteroatoms. The molecule has 0 aromatic heterocycles. The fraction of sp³-hybridized carbons (Fsp3) is 0.571. The minimum absolute atomic E-state index is 0.338. The third-order valence-electron chi connectivity index (χ3n) is 3.48. The van der Waals surface area contributed by atoms with Gasteiger partial charge in [-0.2, -0.15) is 4.31 Å². The highest BCUT2D eigenvalue weighted by molar-refractivity contribution is 7.89. The van der Waals surface area contributed by atoms with Gasteiger partial charge in [0.25, 0.3) is 0 Å². The molecule has 1 N–H and O–H groups in total. The first-order chi connectivity index (χ1) is 9.55. The summed E-state index contributed by atoms with van der Waals surface area (Å²) < 4.78 is 31.5. The van der Waals surface area contributed by atoms with Crippen LogP contribution in [0.1, 0.15) is 18.9 Å². The van der Waals surface area contributed by atoms with Gasteiger partial charge in [0.1, 0.15) is 0 Å². The molecule has 0 saturated carbocycles. The molecule has 20 heavy (non-hydrogen) atoms. The summed E-state index contributed by atoms with van der Waals surface area (Å²) in [6, 6.07) is 5.34. The van der Waals surface area contributed by atoms with Crippen molar-refractivity contribution in [1.29, 1.82) is 0 Å². The highest BCUT2D eigenvalue weighted by Crippen LogP contribution is 2.26. The number of benzene rings is 1. The zero-order valence-corrected chi connectivity index (χ0v) is 12.9. The molecule has 0 atom stereocenters. The lowest BCUT2D eigenvalue weighted by molar-refractivity contribution is 0.138. The second-order valence-corrected chi connectivity index (χ2v) is 6.92. The van der Waals surface area contributed by atoms with Crippen LogP contribution in [0.5, 0.6) is 0 Å². The molecule has 0 fully saturated rings. The summed E-state index contributed by atoms with van der Waals surface area (Å²) in [5.41, 5.74) is 2.13. The van der Waals surface area contributed by atoms with Crippen LogP contribution in [0.4, 0.5) is 5.69 Å². The van der Waals surface area contributed by atoms with Gasteiger partial charge in [-0.15, -0.1) is 0 Å². The first-order valence-electron chi connectivity index (χ1n) is 6.96. The summed E-state index contributed by atoms with van der Waals surface area (Å²) in [7, 11) is -1.86. The zero-order valence-electron chi connectivity index (χ0n) is 12.1. The lowest BCUT2D eigenvalue weighted by atomic mass is 10.0. The Bertz CT molecular complexity index is 558. The van der Waals surface area contributed by atoms with Crippen molar-refractivity contribution >= 4 is 15.7 Å². The summed E-state index contributed by atoms with van der Waals surface area (Å²) in [6.45, 7) is 4.16. The van der Waals surface area contributed by atoms with E-state index < -0.39 is 10.0 Å². The van der Waals surface area contributed by atoms with Gasteiger partial charge in [-0.3, -0.25) is 0 Å². The van der Waals surface area contributed by atoms with Crippen molar-refractivity contribution in [2.24, 2.45) is 0 Å². The van der Waals surface area contributed by atoms with Crippen molar-refractivity contribution in [3.05, 3.63) is 23.8 Å². The van der Waals surface area contributed by atoms with Crippen molar-refractivity contribution in [2.45, 2.75) is 24.7 Å². The van der Waals surface area contributed by atoms with E-state index in [-0.39, 0.29) is 0 Å². The van der Waals surface area contributed by atoms with Crippen molar-refractivity contribution < 1.29 is 13.2 Å². The SMILES string of the molecule is CCOCCN(C)S(=O)(=O)c1ccc2c(c1)NCCC2. The van der Waals surface area contributed by atoms with E-state index in [9.17, 15) is 8.42 Å². The van der Waals surface area contributed by atoms with Gasteiger partial charge < -0.3 is 10.1 Å². The molecule has 0 amide bonds. The molecule has 1 aliphatic heterocycles. The van der Waals surface area contributed by atoms with Gasteiger partial charge in [-0.25, -0.2) is 8.42 Å². The minimum Gasteiger partial charge on any atom is -0.385 e. The molecule has 1 aliphatic rings. The average Bonchev–Trinajstić information content (AvgIpc) is 2.46. The topological polar surface area (TPSA) is 58.6 Å². The number of hydrogen-bond acceptors (Lipinski definition) is 4. The highest BCUT2D eigenvalue weighted by atomic mass is 32.2. The van der Waals surface area contributed by atoms with Gasteiger partial charge in [0, 0.05) is 32.4 Å². The predicted octanol–water partition coefficient (Wildman–Crippen LogP) is 1.70. The van der Waals surface area contributed by atoms with Gasteiger partial charge in [-0.1, -0.05) is 6.07 Å². The molecule has 5 nitrogen and oxygen atoms in total. The van der Waals surface area contributed by atoms with Crippen molar-refractivity contribution in [3.8, 4) is 0 Å². The highest BCUT2D eigenvalue weighted by Gasteiger charge is 2.22. The molecule has 1 aromatic rings. The largest absolute Gasteiger partial charge is 0.385 e. The monoisotopic (exact) mass is 298 g/mol. The summed E-state index contributed by atoms with van der Waals surface area (Å²) in [6.07, 6.45) is 2.09. The number of likely N-dealkylation sites (N-methyl/N-ethyl adjacent to an activating group) is 1. The molecule has 1 aromatic carbocycles. The maximum atomic E-state index is 12.5. The first-order valence-corrected chi connectivity index (χ1v) is 8.40. The number of nitrogens with zero attached hydrogens (tertiary/aromatic N) is 1. The Kier molecular flexibility index (Phi) is 5.01. The van der Waals surface area contributed by atoms with E-state index in [1.54, 1.807) is 19.2 Å². The number of anilines is 1. The molecule has 0 saturated heterocycles. The van der Waals surface area contributed by atoms with E-state index in [0.29, 0.717) is 24.7 Å². The molecule has 0 unspecified atom stereocenters. The van der Waals surface area contributed by atoms with Crippen LogP contribution in [-0.4, -0.2) is 46.1 Å². The lowest BCUT2D eigenvalue weighted by Gasteiger charge is -2.21. The summed E-state index contributed by atoms with van der Waals surface area (Å²) in [5, 5.41) is 3.26. The summed E-state index contributed by atoms with van der Waals surface area (Å²) in [5.74, 6) is 0. The number of nitrogens with one attached hydrogen (secondary N) is 1. The summed E-state index contributed by atoms with van der Waals surface area (Å²) in [4.78, 5) is 0.338. The molecule has 0 aliphatic carbocycles. The van der Waals surface area contributed by atoms with Crippen LogP contribution in [-0.2, 0) is 21.2 Å². The molecule has 0 bridgehead atoms. The van der Waals surface area contributed by atoms with Crippen LogP contribution in [0, 0.1) is 0 Å². The maximum Gasteiger partial charge on any atom is 0.242 e. The number of fused-ring (bicyclic) bond motifs is 1. The molecular weight excluding hydrogens is 276 g/mol. The summed E-state index contributed by atoms with van der Waals surface area (Å²) >= 11 is 0. The molecular formula is C14H22N2O3S. The fourth-order valence-corrected chi connectivity index (χ4v) is 3.42. The third-order valence-corrected chi connectivity index (χ3v) is 5.34. The van der Waals surface area contributed by atoms with Crippen LogP contribution in [0.2, 0.25) is 0 Å². The number of sulfonamides is 1. The number of hydrogen-bond donors (Lipinski definition) is 1. The van der Waals surface area contributed by atoms with Crippen LogP contribution >= 0.6 is 0 Å². The number of aryl methyl sites for hydroxylation is 1. The second-order valence-electron chi connectivity index (χ2n) is 4.87. The second kappa shape index (κ2) is 6.56. The van der Waals surface area contributed by atoms with Gasteiger partial charge in [0.2, 0.25) is 10.0 Å². The van der Waals surface area contributed by atoms with Crippen LogP contribution in [0.25, 0.3) is 0 Å². The van der Waals surface area contributed by atoms with Gasteiger partial charge >= 0.3 is 0 Å². The van der Waals surface area contributed by atoms with Crippen molar-refractivity contribution in [3.63, 3.8) is 0 Å². The van der Waals surface area contributed by atoms with Crippen LogP contribution in [0.3, 0.4) is 0 Å². The van der Waals surface area contributed by atoms with Crippen molar-refractivity contribution in [2.75, 3.05) is 38.7 Å². The molecule has 0 spiro atoms. The predicted molar refractivity (Wildman–Crippen MR) is 79.6 cm³/mol. The standard InChI is InChI=1S/C14H22N2O3S/c1-3-19-10-9-16(2)20(17,18)13-7-6-12-5-4-8-15-14(12)11-13/h6-7,11,15H,3-5,8-10H2,1-2H3. The molecule has 112 valence electrons. The Morgan fingerprint density at radius 2 is 2.20 bits per heavy atom. The average molecular weight is 298 g/mol. The Labute approximate surface area is 121 Å².